The Balaban J connectivity index is 1.80. The average Bonchev–Trinajstić information content (AvgIpc) is 2.61. The first-order valence-electron chi connectivity index (χ1n) is 8.41. The van der Waals surface area contributed by atoms with Crippen molar-refractivity contribution in [3.05, 3.63) is 59.7 Å². The number of nitrogens with one attached hydrogen (secondary N) is 2. The highest BCUT2D eigenvalue weighted by Crippen LogP contribution is 2.09. The summed E-state index contributed by atoms with van der Waals surface area (Å²) in [6.45, 7) is 3.55. The summed E-state index contributed by atoms with van der Waals surface area (Å²) in [4.78, 5) is 16.3. The summed E-state index contributed by atoms with van der Waals surface area (Å²) in [5.41, 5.74) is 2.29. The Morgan fingerprint density at radius 1 is 1.12 bits per heavy atom. The summed E-state index contributed by atoms with van der Waals surface area (Å²) in [5, 5.41) is 6.15. The fourth-order valence-corrected chi connectivity index (χ4v) is 2.33. The second kappa shape index (κ2) is 9.65. The molecule has 0 bridgehead atoms. The molecule has 0 atom stereocenters. The van der Waals surface area contributed by atoms with Crippen LogP contribution in [0.25, 0.3) is 0 Å². The van der Waals surface area contributed by atoms with Crippen molar-refractivity contribution in [3.8, 4) is 0 Å². The monoisotopic (exact) mass is 329 g/mol. The highest BCUT2D eigenvalue weighted by Gasteiger charge is 2.07. The van der Waals surface area contributed by atoms with Crippen molar-refractivity contribution in [2.45, 2.75) is 32.6 Å². The summed E-state index contributed by atoms with van der Waals surface area (Å²) in [6, 6.07) is 9.92. The maximum Gasteiger partial charge on any atom is 0.269 e. The molecule has 0 fully saturated rings. The van der Waals surface area contributed by atoms with Gasteiger partial charge in [0.1, 0.15) is 11.5 Å². The molecule has 24 heavy (non-hydrogen) atoms. The second-order valence-electron chi connectivity index (χ2n) is 5.70. The van der Waals surface area contributed by atoms with Crippen LogP contribution in [-0.2, 0) is 6.42 Å². The van der Waals surface area contributed by atoms with Crippen LogP contribution >= 0.6 is 0 Å². The standard InChI is InChI=1S/C19H24FN3O/c1-2-3-4-11-21-17-10-13-22-18(14-17)19(24)23-12-9-15-5-7-16(20)8-6-15/h5-8,10,13-14H,2-4,9,11-12H2,1H3,(H,21,22)(H,23,24). The van der Waals surface area contributed by atoms with Gasteiger partial charge in [0, 0.05) is 25.0 Å². The number of hydrogen-bond acceptors (Lipinski definition) is 3. The van der Waals surface area contributed by atoms with E-state index in [4.69, 9.17) is 0 Å². The molecule has 4 nitrogen and oxygen atoms in total. The van der Waals surface area contributed by atoms with Crippen LogP contribution in [0.1, 0.15) is 42.2 Å². The number of carbonyl (C=O) groups is 1. The van der Waals surface area contributed by atoms with Gasteiger partial charge in [0.25, 0.3) is 5.91 Å². The number of anilines is 1. The normalized spacial score (nSPS) is 10.4. The van der Waals surface area contributed by atoms with E-state index in [1.165, 1.54) is 25.0 Å². The molecule has 0 saturated heterocycles. The van der Waals surface area contributed by atoms with E-state index in [1.54, 1.807) is 24.4 Å². The number of halogens is 1. The third-order valence-electron chi connectivity index (χ3n) is 3.71. The molecule has 1 amide bonds. The topological polar surface area (TPSA) is 54.0 Å². The van der Waals surface area contributed by atoms with Gasteiger partial charge in [0.2, 0.25) is 0 Å². The Hall–Kier alpha value is -2.43. The van der Waals surface area contributed by atoms with Crippen molar-refractivity contribution in [2.24, 2.45) is 0 Å². The van der Waals surface area contributed by atoms with Crippen LogP contribution in [0.4, 0.5) is 10.1 Å². The maximum absolute atomic E-state index is 12.8. The van der Waals surface area contributed by atoms with Crippen LogP contribution < -0.4 is 10.6 Å². The van der Waals surface area contributed by atoms with E-state index in [0.29, 0.717) is 18.7 Å². The Morgan fingerprint density at radius 3 is 2.67 bits per heavy atom. The second-order valence-corrected chi connectivity index (χ2v) is 5.70. The molecule has 0 spiro atoms. The van der Waals surface area contributed by atoms with Gasteiger partial charge >= 0.3 is 0 Å². The molecule has 0 unspecified atom stereocenters. The smallest absolute Gasteiger partial charge is 0.269 e. The Kier molecular flexibility index (Phi) is 7.21. The van der Waals surface area contributed by atoms with Crippen molar-refractivity contribution in [1.29, 1.82) is 0 Å². The molecule has 2 N–H and O–H groups in total. The molecular formula is C19H24FN3O. The minimum Gasteiger partial charge on any atom is -0.385 e. The molecule has 1 aromatic heterocycles. The van der Waals surface area contributed by atoms with Crippen LogP contribution in [0, 0.1) is 5.82 Å². The zero-order valence-electron chi connectivity index (χ0n) is 14.0. The lowest BCUT2D eigenvalue weighted by molar-refractivity contribution is 0.0949. The zero-order chi connectivity index (χ0) is 17.2. The summed E-state index contributed by atoms with van der Waals surface area (Å²) >= 11 is 0. The molecule has 1 aromatic carbocycles. The van der Waals surface area contributed by atoms with Crippen molar-refractivity contribution >= 4 is 11.6 Å². The lowest BCUT2D eigenvalue weighted by Crippen LogP contribution is -2.26. The lowest BCUT2D eigenvalue weighted by Gasteiger charge is -2.08. The number of carbonyl (C=O) groups excluding carboxylic acids is 1. The Bertz CT molecular complexity index is 643. The molecule has 2 rings (SSSR count). The Labute approximate surface area is 142 Å². The molecule has 1 heterocycles. The predicted octanol–water partition coefficient (Wildman–Crippen LogP) is 3.80. The van der Waals surface area contributed by atoms with Gasteiger partial charge in [-0.15, -0.1) is 0 Å². The zero-order valence-corrected chi connectivity index (χ0v) is 14.0. The molecule has 0 saturated carbocycles. The van der Waals surface area contributed by atoms with Gasteiger partial charge in [-0.2, -0.15) is 0 Å². The quantitative estimate of drug-likeness (QED) is 0.688. The maximum atomic E-state index is 12.8. The van der Waals surface area contributed by atoms with Gasteiger partial charge in [0.15, 0.2) is 0 Å². The fourth-order valence-electron chi connectivity index (χ4n) is 2.33. The van der Waals surface area contributed by atoms with Crippen LogP contribution in [0.5, 0.6) is 0 Å². The lowest BCUT2D eigenvalue weighted by atomic mass is 10.1. The number of hydrogen-bond donors (Lipinski definition) is 2. The first kappa shape index (κ1) is 17.9. The van der Waals surface area contributed by atoms with Gasteiger partial charge in [0.05, 0.1) is 0 Å². The number of pyridine rings is 1. The molecule has 0 aliphatic rings. The van der Waals surface area contributed by atoms with Crippen molar-refractivity contribution < 1.29 is 9.18 Å². The summed E-state index contributed by atoms with van der Waals surface area (Å²) in [5.74, 6) is -0.454. The summed E-state index contributed by atoms with van der Waals surface area (Å²) < 4.78 is 12.8. The predicted molar refractivity (Wildman–Crippen MR) is 94.7 cm³/mol. The highest BCUT2D eigenvalue weighted by molar-refractivity contribution is 5.93. The SMILES string of the molecule is CCCCCNc1ccnc(C(=O)NCCc2ccc(F)cc2)c1. The molecule has 5 heteroatoms. The third kappa shape index (κ3) is 5.99. The van der Waals surface area contributed by atoms with E-state index in [2.05, 4.69) is 22.5 Å². The van der Waals surface area contributed by atoms with Gasteiger partial charge in [-0.05, 0) is 42.7 Å². The van der Waals surface area contributed by atoms with E-state index in [1.807, 2.05) is 6.07 Å². The molecule has 2 aromatic rings. The number of rotatable bonds is 9. The van der Waals surface area contributed by atoms with E-state index in [9.17, 15) is 9.18 Å². The number of aromatic nitrogens is 1. The first-order chi connectivity index (χ1) is 11.7. The molecule has 128 valence electrons. The highest BCUT2D eigenvalue weighted by atomic mass is 19.1. The van der Waals surface area contributed by atoms with Gasteiger partial charge in [-0.25, -0.2) is 4.39 Å². The van der Waals surface area contributed by atoms with E-state index in [-0.39, 0.29) is 11.7 Å². The van der Waals surface area contributed by atoms with E-state index < -0.39 is 0 Å². The van der Waals surface area contributed by atoms with Crippen molar-refractivity contribution in [1.82, 2.24) is 10.3 Å². The number of benzene rings is 1. The summed E-state index contributed by atoms with van der Waals surface area (Å²) in [6.07, 6.45) is 5.77. The van der Waals surface area contributed by atoms with E-state index in [0.717, 1.165) is 24.2 Å². The average molecular weight is 329 g/mol. The van der Waals surface area contributed by atoms with Gasteiger partial charge in [-0.1, -0.05) is 31.9 Å². The van der Waals surface area contributed by atoms with Crippen LogP contribution in [0.2, 0.25) is 0 Å². The van der Waals surface area contributed by atoms with Gasteiger partial charge in [-0.3, -0.25) is 9.78 Å². The van der Waals surface area contributed by atoms with Crippen LogP contribution in [0.3, 0.4) is 0 Å². The molecule has 0 aliphatic heterocycles. The molecular weight excluding hydrogens is 305 g/mol. The number of amides is 1. The number of nitrogens with zero attached hydrogens (tertiary/aromatic N) is 1. The minimum absolute atomic E-state index is 0.200. The van der Waals surface area contributed by atoms with Crippen molar-refractivity contribution in [2.75, 3.05) is 18.4 Å². The fraction of sp³-hybridized carbons (Fsp3) is 0.368. The van der Waals surface area contributed by atoms with Crippen LogP contribution in [0.15, 0.2) is 42.6 Å². The molecule has 0 aliphatic carbocycles. The van der Waals surface area contributed by atoms with E-state index >= 15 is 0 Å². The summed E-state index contributed by atoms with van der Waals surface area (Å²) in [7, 11) is 0. The number of unbranched alkanes of at least 4 members (excludes halogenated alkanes) is 2. The van der Waals surface area contributed by atoms with Crippen molar-refractivity contribution in [3.63, 3.8) is 0 Å². The largest absolute Gasteiger partial charge is 0.385 e. The molecule has 0 radical (unpaired) electrons. The van der Waals surface area contributed by atoms with Gasteiger partial charge < -0.3 is 10.6 Å². The Morgan fingerprint density at radius 2 is 1.92 bits per heavy atom. The first-order valence-corrected chi connectivity index (χ1v) is 8.41. The third-order valence-corrected chi connectivity index (χ3v) is 3.71. The minimum atomic E-state index is -0.254. The van der Waals surface area contributed by atoms with Crippen LogP contribution in [-0.4, -0.2) is 24.0 Å².